The molecule has 0 aliphatic heterocycles. The Hall–Kier alpha value is -1.67. The van der Waals surface area contributed by atoms with Gasteiger partial charge < -0.3 is 0 Å². The molecule has 102 valence electrons. The predicted octanol–water partition coefficient (Wildman–Crippen LogP) is 1.28. The molecular formula is C10H12ClN5O2S. The Bertz CT molecular complexity index is 708. The van der Waals surface area contributed by atoms with Crippen molar-refractivity contribution >= 4 is 27.3 Å². The van der Waals surface area contributed by atoms with Gasteiger partial charge in [0.1, 0.15) is 4.90 Å². The van der Waals surface area contributed by atoms with E-state index in [0.29, 0.717) is 11.4 Å². The van der Waals surface area contributed by atoms with Crippen molar-refractivity contribution < 1.29 is 8.42 Å². The highest BCUT2D eigenvalue weighted by Crippen LogP contribution is 2.22. The van der Waals surface area contributed by atoms with E-state index in [-0.39, 0.29) is 10.2 Å². The molecule has 0 aromatic carbocycles. The second-order valence-corrected chi connectivity index (χ2v) is 5.98. The Morgan fingerprint density at radius 1 is 1.26 bits per heavy atom. The monoisotopic (exact) mass is 301 g/mol. The summed E-state index contributed by atoms with van der Waals surface area (Å²) in [5.41, 5.74) is 1.77. The van der Waals surface area contributed by atoms with Crippen molar-refractivity contribution in [2.24, 2.45) is 7.05 Å². The highest BCUT2D eigenvalue weighted by atomic mass is 35.5. The second-order valence-electron chi connectivity index (χ2n) is 3.96. The molecule has 2 aromatic rings. The Kier molecular flexibility index (Phi) is 3.46. The zero-order chi connectivity index (χ0) is 14.2. The van der Waals surface area contributed by atoms with Gasteiger partial charge in [-0.05, 0) is 25.4 Å². The van der Waals surface area contributed by atoms with Crippen molar-refractivity contribution in [2.75, 3.05) is 4.72 Å². The first-order valence-corrected chi connectivity index (χ1v) is 7.18. The van der Waals surface area contributed by atoms with E-state index in [1.807, 2.05) is 0 Å². The number of nitrogens with one attached hydrogen (secondary N) is 1. The molecule has 7 nitrogen and oxygen atoms in total. The molecular weight excluding hydrogens is 290 g/mol. The first-order chi connectivity index (χ1) is 8.81. The van der Waals surface area contributed by atoms with Crippen LogP contribution in [0.1, 0.15) is 11.4 Å². The van der Waals surface area contributed by atoms with Crippen LogP contribution in [0.5, 0.6) is 0 Å². The fraction of sp³-hybridized carbons (Fsp3) is 0.300. The fourth-order valence-electron chi connectivity index (χ4n) is 1.55. The summed E-state index contributed by atoms with van der Waals surface area (Å²) in [5.74, 6) is 0. The van der Waals surface area contributed by atoms with Gasteiger partial charge in [0.05, 0.1) is 29.5 Å². The Labute approximate surface area is 115 Å². The van der Waals surface area contributed by atoms with Gasteiger partial charge >= 0.3 is 0 Å². The maximum absolute atomic E-state index is 12.2. The van der Waals surface area contributed by atoms with Gasteiger partial charge in [-0.25, -0.2) is 18.4 Å². The molecule has 0 saturated carbocycles. The molecule has 0 aliphatic carbocycles. The van der Waals surface area contributed by atoms with E-state index in [1.54, 1.807) is 25.6 Å². The minimum Gasteiger partial charge on any atom is -0.276 e. The van der Waals surface area contributed by atoms with E-state index in [4.69, 9.17) is 11.6 Å². The number of nitrogens with zero attached hydrogens (tertiary/aromatic N) is 4. The maximum Gasteiger partial charge on any atom is 0.265 e. The van der Waals surface area contributed by atoms with E-state index < -0.39 is 10.0 Å². The van der Waals surface area contributed by atoms with Crippen molar-refractivity contribution in [3.63, 3.8) is 0 Å². The quantitative estimate of drug-likeness (QED) is 0.863. The molecule has 0 unspecified atom stereocenters. The topological polar surface area (TPSA) is 89.8 Å². The van der Waals surface area contributed by atoms with Crippen molar-refractivity contribution in [1.29, 1.82) is 0 Å². The van der Waals surface area contributed by atoms with Gasteiger partial charge in [-0.3, -0.25) is 9.40 Å². The molecule has 19 heavy (non-hydrogen) atoms. The summed E-state index contributed by atoms with van der Waals surface area (Å²) in [5, 5.41) is 4.13. The SMILES string of the molecule is Cc1nn(C)c(C)c1NS(=O)(=O)c1cnc(Cl)nc1. The lowest BCUT2D eigenvalue weighted by atomic mass is 10.3. The number of aryl methyl sites for hydroxylation is 2. The molecule has 2 rings (SSSR count). The molecule has 9 heteroatoms. The smallest absolute Gasteiger partial charge is 0.265 e. The van der Waals surface area contributed by atoms with Crippen LogP contribution in [0, 0.1) is 13.8 Å². The molecule has 0 saturated heterocycles. The number of hydrogen-bond acceptors (Lipinski definition) is 5. The van der Waals surface area contributed by atoms with Gasteiger partial charge in [0.15, 0.2) is 0 Å². The molecule has 0 fully saturated rings. The standard InChI is InChI=1S/C10H12ClN5O2S/c1-6-9(7(2)16(3)14-6)15-19(17,18)8-4-12-10(11)13-5-8/h4-5,15H,1-3H3. The highest BCUT2D eigenvalue weighted by Gasteiger charge is 2.19. The van der Waals surface area contributed by atoms with Crippen LogP contribution < -0.4 is 4.72 Å². The number of aromatic nitrogens is 4. The second kappa shape index (κ2) is 4.78. The third kappa shape index (κ3) is 2.69. The number of rotatable bonds is 3. The van der Waals surface area contributed by atoms with Crippen LogP contribution in [-0.4, -0.2) is 28.2 Å². The van der Waals surface area contributed by atoms with Crippen LogP contribution in [0.15, 0.2) is 17.3 Å². The van der Waals surface area contributed by atoms with E-state index in [9.17, 15) is 8.42 Å². The summed E-state index contributed by atoms with van der Waals surface area (Å²) in [4.78, 5) is 7.25. The molecule has 0 bridgehead atoms. The Balaban J connectivity index is 2.39. The van der Waals surface area contributed by atoms with Crippen LogP contribution in [0.4, 0.5) is 5.69 Å². The van der Waals surface area contributed by atoms with Gasteiger partial charge in [-0.15, -0.1) is 0 Å². The first kappa shape index (κ1) is 13.8. The summed E-state index contributed by atoms with van der Waals surface area (Å²) >= 11 is 5.52. The molecule has 0 spiro atoms. The predicted molar refractivity (Wildman–Crippen MR) is 70.5 cm³/mol. The van der Waals surface area contributed by atoms with E-state index >= 15 is 0 Å². The summed E-state index contributed by atoms with van der Waals surface area (Å²) < 4.78 is 28.4. The van der Waals surface area contributed by atoms with E-state index in [1.165, 1.54) is 0 Å². The molecule has 0 aliphatic rings. The molecule has 0 radical (unpaired) electrons. The first-order valence-electron chi connectivity index (χ1n) is 5.32. The summed E-state index contributed by atoms with van der Waals surface area (Å²) in [6.45, 7) is 3.50. The number of halogens is 1. The van der Waals surface area contributed by atoms with Gasteiger partial charge in [0.2, 0.25) is 5.28 Å². The Morgan fingerprint density at radius 3 is 2.32 bits per heavy atom. The van der Waals surface area contributed by atoms with Gasteiger partial charge in [-0.1, -0.05) is 0 Å². The molecule has 0 atom stereocenters. The average Bonchev–Trinajstić information content (AvgIpc) is 2.56. The maximum atomic E-state index is 12.2. The minimum absolute atomic E-state index is 0.00677. The number of sulfonamides is 1. The van der Waals surface area contributed by atoms with Crippen molar-refractivity contribution in [3.8, 4) is 0 Å². The summed E-state index contributed by atoms with van der Waals surface area (Å²) in [6, 6.07) is 0. The number of hydrogen-bond donors (Lipinski definition) is 1. The van der Waals surface area contributed by atoms with E-state index in [2.05, 4.69) is 19.8 Å². The van der Waals surface area contributed by atoms with Gasteiger partial charge in [0.25, 0.3) is 10.0 Å². The van der Waals surface area contributed by atoms with Gasteiger partial charge in [0, 0.05) is 7.05 Å². The number of anilines is 1. The lowest BCUT2D eigenvalue weighted by Gasteiger charge is -2.07. The van der Waals surface area contributed by atoms with Crippen molar-refractivity contribution in [2.45, 2.75) is 18.7 Å². The third-order valence-electron chi connectivity index (χ3n) is 2.65. The summed E-state index contributed by atoms with van der Waals surface area (Å²) in [7, 11) is -2.01. The molecule has 2 aromatic heterocycles. The fourth-order valence-corrected chi connectivity index (χ4v) is 2.72. The molecule has 0 amide bonds. The third-order valence-corrected chi connectivity index (χ3v) is 4.15. The highest BCUT2D eigenvalue weighted by molar-refractivity contribution is 7.92. The van der Waals surface area contributed by atoms with E-state index in [0.717, 1.165) is 18.1 Å². The van der Waals surface area contributed by atoms with Crippen LogP contribution >= 0.6 is 11.6 Å². The van der Waals surface area contributed by atoms with Crippen LogP contribution in [0.25, 0.3) is 0 Å². The molecule has 2 heterocycles. The van der Waals surface area contributed by atoms with Crippen LogP contribution in [0.3, 0.4) is 0 Å². The van der Waals surface area contributed by atoms with Crippen molar-refractivity contribution in [3.05, 3.63) is 29.1 Å². The zero-order valence-corrected chi connectivity index (χ0v) is 12.1. The van der Waals surface area contributed by atoms with Crippen LogP contribution in [0.2, 0.25) is 5.28 Å². The largest absolute Gasteiger partial charge is 0.276 e. The van der Waals surface area contributed by atoms with Gasteiger partial charge in [-0.2, -0.15) is 5.10 Å². The lowest BCUT2D eigenvalue weighted by molar-refractivity contribution is 0.600. The summed E-state index contributed by atoms with van der Waals surface area (Å²) in [6.07, 6.45) is 2.30. The van der Waals surface area contributed by atoms with Crippen molar-refractivity contribution in [1.82, 2.24) is 19.7 Å². The van der Waals surface area contributed by atoms with Crippen LogP contribution in [-0.2, 0) is 17.1 Å². The minimum atomic E-state index is -3.75. The Morgan fingerprint density at radius 2 is 1.84 bits per heavy atom. The lowest BCUT2D eigenvalue weighted by Crippen LogP contribution is -2.14. The molecule has 1 N–H and O–H groups in total. The zero-order valence-electron chi connectivity index (χ0n) is 10.5. The normalized spacial score (nSPS) is 11.6. The average molecular weight is 302 g/mol.